The summed E-state index contributed by atoms with van der Waals surface area (Å²) < 4.78 is 1.12. The van der Waals surface area contributed by atoms with Crippen molar-refractivity contribution >= 4 is 26.8 Å². The Kier molecular flexibility index (Phi) is 2.85. The minimum atomic E-state index is 0.980. The van der Waals surface area contributed by atoms with Crippen LogP contribution in [-0.4, -0.2) is 24.0 Å². The number of H-pyrrole nitrogens is 1. The normalized spacial score (nSPS) is 11.5. The van der Waals surface area contributed by atoms with Gasteiger partial charge in [0.15, 0.2) is 0 Å². The molecule has 0 saturated heterocycles. The number of aromatic amines is 1. The molecule has 15 heavy (non-hydrogen) atoms. The number of hydrogen-bond acceptors (Lipinski definition) is 1. The Hall–Kier alpha value is -0.800. The van der Waals surface area contributed by atoms with E-state index in [0.29, 0.717) is 0 Å². The molecule has 0 fully saturated rings. The van der Waals surface area contributed by atoms with Gasteiger partial charge in [-0.2, -0.15) is 0 Å². The second-order valence-corrected chi connectivity index (χ2v) is 5.07. The fraction of sp³-hybridized carbons (Fsp3) is 0.333. The number of benzene rings is 1. The molecule has 1 N–H and O–H groups in total. The van der Waals surface area contributed by atoms with Gasteiger partial charge in [0, 0.05) is 27.6 Å². The molecule has 2 nitrogen and oxygen atoms in total. The molecule has 0 aliphatic heterocycles. The Labute approximate surface area is 98.4 Å². The quantitative estimate of drug-likeness (QED) is 0.884. The van der Waals surface area contributed by atoms with Gasteiger partial charge >= 0.3 is 0 Å². The van der Waals surface area contributed by atoms with Crippen LogP contribution in [0.3, 0.4) is 0 Å². The average molecular weight is 267 g/mol. The second kappa shape index (κ2) is 3.99. The summed E-state index contributed by atoms with van der Waals surface area (Å²) in [7, 11) is 4.19. The topological polar surface area (TPSA) is 19.0 Å². The summed E-state index contributed by atoms with van der Waals surface area (Å²) in [5, 5.41) is 1.32. The van der Waals surface area contributed by atoms with Crippen LogP contribution in [0.5, 0.6) is 0 Å². The second-order valence-electron chi connectivity index (χ2n) is 4.16. The maximum Gasteiger partial charge on any atom is 0.0470 e. The molecule has 0 unspecified atom stereocenters. The van der Waals surface area contributed by atoms with Gasteiger partial charge in [0.2, 0.25) is 0 Å². The fourth-order valence-corrected chi connectivity index (χ4v) is 2.24. The van der Waals surface area contributed by atoms with Crippen molar-refractivity contribution < 1.29 is 0 Å². The average Bonchev–Trinajstić information content (AvgIpc) is 2.41. The van der Waals surface area contributed by atoms with E-state index in [9.17, 15) is 0 Å². The van der Waals surface area contributed by atoms with E-state index in [0.717, 1.165) is 11.0 Å². The molecule has 2 aromatic rings. The van der Waals surface area contributed by atoms with Crippen LogP contribution in [-0.2, 0) is 6.54 Å². The Balaban J connectivity index is 2.58. The fourth-order valence-electron chi connectivity index (χ4n) is 1.88. The highest BCUT2D eigenvalue weighted by Crippen LogP contribution is 2.25. The van der Waals surface area contributed by atoms with Crippen molar-refractivity contribution in [1.29, 1.82) is 0 Å². The van der Waals surface area contributed by atoms with Crippen molar-refractivity contribution in [2.24, 2.45) is 0 Å². The molecule has 0 amide bonds. The van der Waals surface area contributed by atoms with Gasteiger partial charge in [0.25, 0.3) is 0 Å². The predicted molar refractivity (Wildman–Crippen MR) is 68.1 cm³/mol. The number of fused-ring (bicyclic) bond motifs is 1. The summed E-state index contributed by atoms with van der Waals surface area (Å²) in [5.74, 6) is 0. The highest BCUT2D eigenvalue weighted by Gasteiger charge is 2.08. The minimum Gasteiger partial charge on any atom is -0.358 e. The van der Waals surface area contributed by atoms with Crippen LogP contribution in [0.15, 0.2) is 22.7 Å². The van der Waals surface area contributed by atoms with E-state index in [1.54, 1.807) is 0 Å². The third-order valence-electron chi connectivity index (χ3n) is 2.56. The predicted octanol–water partition coefficient (Wildman–Crippen LogP) is 3.30. The summed E-state index contributed by atoms with van der Waals surface area (Å²) in [6, 6.07) is 6.39. The lowest BCUT2D eigenvalue weighted by atomic mass is 10.1. The lowest BCUT2D eigenvalue weighted by Crippen LogP contribution is -2.11. The first-order chi connectivity index (χ1) is 7.08. The number of rotatable bonds is 2. The third-order valence-corrected chi connectivity index (χ3v) is 3.05. The van der Waals surface area contributed by atoms with E-state index in [-0.39, 0.29) is 0 Å². The van der Waals surface area contributed by atoms with Crippen LogP contribution in [0.25, 0.3) is 10.9 Å². The molecule has 0 bridgehead atoms. The van der Waals surface area contributed by atoms with Crippen LogP contribution in [0.2, 0.25) is 0 Å². The monoisotopic (exact) mass is 266 g/mol. The Morgan fingerprint density at radius 2 is 2.07 bits per heavy atom. The molecule has 1 aromatic heterocycles. The molecule has 0 aliphatic rings. The third kappa shape index (κ3) is 2.08. The number of nitrogens with one attached hydrogen (secondary N) is 1. The van der Waals surface area contributed by atoms with Gasteiger partial charge in [0.1, 0.15) is 0 Å². The maximum absolute atomic E-state index is 3.49. The van der Waals surface area contributed by atoms with Crippen molar-refractivity contribution in [1.82, 2.24) is 9.88 Å². The zero-order chi connectivity index (χ0) is 11.0. The van der Waals surface area contributed by atoms with E-state index in [2.05, 4.69) is 65.0 Å². The lowest BCUT2D eigenvalue weighted by molar-refractivity contribution is 0.403. The smallest absolute Gasteiger partial charge is 0.0470 e. The molecular weight excluding hydrogens is 252 g/mol. The summed E-state index contributed by atoms with van der Waals surface area (Å²) >= 11 is 3.49. The largest absolute Gasteiger partial charge is 0.358 e. The van der Waals surface area contributed by atoms with Gasteiger partial charge in [-0.1, -0.05) is 22.0 Å². The van der Waals surface area contributed by atoms with Crippen LogP contribution in [0.1, 0.15) is 11.3 Å². The van der Waals surface area contributed by atoms with Gasteiger partial charge in [-0.05, 0) is 38.7 Å². The molecule has 0 atom stereocenters. The van der Waals surface area contributed by atoms with Gasteiger partial charge in [-0.25, -0.2) is 0 Å². The van der Waals surface area contributed by atoms with Crippen molar-refractivity contribution in [2.75, 3.05) is 14.1 Å². The standard InChI is InChI=1S/C12H15BrN2/c1-8-11(7-15(2)3)10-5-4-9(13)6-12(10)14-8/h4-6,14H,7H2,1-3H3. The van der Waals surface area contributed by atoms with Crippen LogP contribution in [0, 0.1) is 6.92 Å². The first-order valence-electron chi connectivity index (χ1n) is 4.99. The summed E-state index contributed by atoms with van der Waals surface area (Å²) in [6.07, 6.45) is 0. The van der Waals surface area contributed by atoms with Crippen molar-refractivity contribution in [3.8, 4) is 0 Å². The number of aromatic nitrogens is 1. The first-order valence-corrected chi connectivity index (χ1v) is 5.78. The van der Waals surface area contributed by atoms with Crippen molar-refractivity contribution in [3.05, 3.63) is 33.9 Å². The van der Waals surface area contributed by atoms with E-state index >= 15 is 0 Å². The Bertz CT molecular complexity index is 486. The van der Waals surface area contributed by atoms with Gasteiger partial charge in [-0.3, -0.25) is 0 Å². The molecule has 3 heteroatoms. The van der Waals surface area contributed by atoms with E-state index in [1.807, 2.05) is 0 Å². The number of aryl methyl sites for hydroxylation is 1. The molecule has 0 aliphatic carbocycles. The summed E-state index contributed by atoms with van der Waals surface area (Å²) in [5.41, 5.74) is 3.86. The zero-order valence-corrected chi connectivity index (χ0v) is 10.9. The maximum atomic E-state index is 3.49. The van der Waals surface area contributed by atoms with Crippen molar-refractivity contribution in [3.63, 3.8) is 0 Å². The van der Waals surface area contributed by atoms with E-state index in [4.69, 9.17) is 0 Å². The molecule has 0 saturated carbocycles. The molecule has 1 heterocycles. The summed E-state index contributed by atoms with van der Waals surface area (Å²) in [4.78, 5) is 5.61. The van der Waals surface area contributed by atoms with Gasteiger partial charge in [-0.15, -0.1) is 0 Å². The first kappa shape index (κ1) is 10.7. The van der Waals surface area contributed by atoms with E-state index in [1.165, 1.54) is 22.2 Å². The van der Waals surface area contributed by atoms with Crippen LogP contribution in [0.4, 0.5) is 0 Å². The molecule has 80 valence electrons. The lowest BCUT2D eigenvalue weighted by Gasteiger charge is -2.09. The molecular formula is C12H15BrN2. The summed E-state index contributed by atoms with van der Waals surface area (Å²) in [6.45, 7) is 3.11. The van der Waals surface area contributed by atoms with Crippen molar-refractivity contribution in [2.45, 2.75) is 13.5 Å². The van der Waals surface area contributed by atoms with Crippen LogP contribution < -0.4 is 0 Å². The number of hydrogen-bond donors (Lipinski definition) is 1. The Morgan fingerprint density at radius 1 is 1.33 bits per heavy atom. The zero-order valence-electron chi connectivity index (χ0n) is 9.26. The SMILES string of the molecule is Cc1[nH]c2cc(Br)ccc2c1CN(C)C. The van der Waals surface area contributed by atoms with E-state index < -0.39 is 0 Å². The highest BCUT2D eigenvalue weighted by molar-refractivity contribution is 9.10. The van der Waals surface area contributed by atoms with Gasteiger partial charge in [0.05, 0.1) is 0 Å². The minimum absolute atomic E-state index is 0.980. The number of halogens is 1. The molecule has 1 aromatic carbocycles. The molecule has 0 spiro atoms. The molecule has 0 radical (unpaired) electrons. The van der Waals surface area contributed by atoms with Crippen LogP contribution >= 0.6 is 15.9 Å². The molecule has 2 rings (SSSR count). The number of nitrogens with zero attached hydrogens (tertiary/aromatic N) is 1. The highest BCUT2D eigenvalue weighted by atomic mass is 79.9. The van der Waals surface area contributed by atoms with Gasteiger partial charge < -0.3 is 9.88 Å². The Morgan fingerprint density at radius 3 is 2.73 bits per heavy atom.